The number of phenols is 1. The number of likely N-dealkylation sites (N-methyl/N-ethyl adjacent to an activating group) is 1. The number of carbonyl (C=O) groups is 2. The molecule has 0 aliphatic carbocycles. The second-order valence-electron chi connectivity index (χ2n) is 5.85. The quantitative estimate of drug-likeness (QED) is 0.376. The third kappa shape index (κ3) is 4.56. The number of nitrogens with zero attached hydrogens (tertiary/aromatic N) is 2. The molecule has 8 heteroatoms. The molecule has 28 heavy (non-hydrogen) atoms. The van der Waals surface area contributed by atoms with Crippen molar-refractivity contribution in [1.82, 2.24) is 4.90 Å². The smallest absolute Gasteiger partial charge is 0.338 e. The van der Waals surface area contributed by atoms with E-state index in [1.807, 2.05) is 22.6 Å². The third-order valence-corrected chi connectivity index (χ3v) is 5.80. The summed E-state index contributed by atoms with van der Waals surface area (Å²) in [5, 5.41) is 10.2. The van der Waals surface area contributed by atoms with Gasteiger partial charge in [-0.25, -0.2) is 9.79 Å². The molecule has 0 atom stereocenters. The van der Waals surface area contributed by atoms with Crippen molar-refractivity contribution in [3.63, 3.8) is 0 Å². The molecule has 2 aromatic rings. The van der Waals surface area contributed by atoms with Crippen LogP contribution in [0.25, 0.3) is 6.08 Å². The van der Waals surface area contributed by atoms with E-state index in [0.717, 1.165) is 5.56 Å². The summed E-state index contributed by atoms with van der Waals surface area (Å²) in [7, 11) is 1.67. The molecule has 0 spiro atoms. The number of carbonyl (C=O) groups excluding carboxylic acids is 2. The average molecular weight is 508 g/mol. The lowest BCUT2D eigenvalue weighted by Crippen LogP contribution is -2.23. The summed E-state index contributed by atoms with van der Waals surface area (Å²) in [6.45, 7) is 2.08. The summed E-state index contributed by atoms with van der Waals surface area (Å²) in [6.07, 6.45) is 1.78. The monoisotopic (exact) mass is 508 g/mol. The van der Waals surface area contributed by atoms with Crippen molar-refractivity contribution in [2.24, 2.45) is 4.99 Å². The van der Waals surface area contributed by atoms with Gasteiger partial charge in [0.15, 0.2) is 5.17 Å². The molecule has 0 aromatic heterocycles. The zero-order chi connectivity index (χ0) is 20.3. The molecule has 1 amide bonds. The lowest BCUT2D eigenvalue weighted by molar-refractivity contribution is -0.121. The Morgan fingerprint density at radius 3 is 2.64 bits per heavy atom. The van der Waals surface area contributed by atoms with Gasteiger partial charge in [0.2, 0.25) is 0 Å². The molecule has 1 aliphatic rings. The summed E-state index contributed by atoms with van der Waals surface area (Å²) in [5.74, 6) is -0.313. The van der Waals surface area contributed by atoms with E-state index in [0.29, 0.717) is 31.5 Å². The second-order valence-corrected chi connectivity index (χ2v) is 8.02. The molecule has 1 N–H and O–H groups in total. The SMILES string of the molecule is CCOC(=O)c1ccc(N=C2SC(=Cc3ccc(O)c(I)c3)C(=O)N2C)cc1. The molecule has 3 rings (SSSR count). The van der Waals surface area contributed by atoms with Crippen LogP contribution in [-0.4, -0.2) is 40.7 Å². The maximum atomic E-state index is 12.5. The van der Waals surface area contributed by atoms with E-state index in [1.54, 1.807) is 62.5 Å². The van der Waals surface area contributed by atoms with Crippen molar-refractivity contribution < 1.29 is 19.4 Å². The lowest BCUT2D eigenvalue weighted by atomic mass is 10.2. The van der Waals surface area contributed by atoms with Gasteiger partial charge in [-0.15, -0.1) is 0 Å². The Bertz CT molecular complexity index is 986. The minimum absolute atomic E-state index is 0.144. The van der Waals surface area contributed by atoms with Crippen LogP contribution < -0.4 is 0 Å². The van der Waals surface area contributed by atoms with Crippen LogP contribution in [0, 0.1) is 3.57 Å². The number of rotatable bonds is 4. The van der Waals surface area contributed by atoms with Crippen molar-refractivity contribution >= 4 is 63.2 Å². The molecule has 0 saturated carbocycles. The van der Waals surface area contributed by atoms with Crippen LogP contribution in [0.2, 0.25) is 0 Å². The molecule has 6 nitrogen and oxygen atoms in total. The Morgan fingerprint density at radius 1 is 1.29 bits per heavy atom. The van der Waals surface area contributed by atoms with Crippen LogP contribution in [0.5, 0.6) is 5.75 Å². The Kier molecular flexibility index (Phi) is 6.40. The Hall–Kier alpha value is -2.33. The standard InChI is InChI=1S/C20H17IN2O4S/c1-3-27-19(26)13-5-7-14(8-6-13)22-20-23(2)18(25)17(28-20)11-12-4-9-16(24)15(21)10-12/h4-11,24H,3H2,1-2H3. The first-order valence-electron chi connectivity index (χ1n) is 8.41. The van der Waals surface area contributed by atoms with Gasteiger partial charge in [0.1, 0.15) is 5.75 Å². The van der Waals surface area contributed by atoms with Crippen molar-refractivity contribution in [3.05, 3.63) is 62.1 Å². The number of hydrogen-bond donors (Lipinski definition) is 1. The predicted molar refractivity (Wildman–Crippen MR) is 119 cm³/mol. The number of ether oxygens (including phenoxy) is 1. The minimum Gasteiger partial charge on any atom is -0.507 e. The Morgan fingerprint density at radius 2 is 2.00 bits per heavy atom. The summed E-state index contributed by atoms with van der Waals surface area (Å²) < 4.78 is 5.68. The van der Waals surface area contributed by atoms with Gasteiger partial charge in [-0.3, -0.25) is 9.69 Å². The minimum atomic E-state index is -0.377. The number of benzene rings is 2. The summed E-state index contributed by atoms with van der Waals surface area (Å²) in [5.41, 5.74) is 1.92. The highest BCUT2D eigenvalue weighted by molar-refractivity contribution is 14.1. The zero-order valence-corrected chi connectivity index (χ0v) is 18.2. The van der Waals surface area contributed by atoms with Gasteiger partial charge in [0.05, 0.1) is 26.3 Å². The number of esters is 1. The van der Waals surface area contributed by atoms with Crippen LogP contribution in [0.1, 0.15) is 22.8 Å². The molecule has 2 aromatic carbocycles. The third-order valence-electron chi connectivity index (χ3n) is 3.88. The largest absolute Gasteiger partial charge is 0.507 e. The van der Waals surface area contributed by atoms with Crippen LogP contribution in [0.3, 0.4) is 0 Å². The fourth-order valence-electron chi connectivity index (χ4n) is 2.41. The zero-order valence-electron chi connectivity index (χ0n) is 15.2. The molecule has 1 aliphatic heterocycles. The first kappa shape index (κ1) is 20.4. The van der Waals surface area contributed by atoms with Gasteiger partial charge < -0.3 is 9.84 Å². The number of halogens is 1. The number of thioether (sulfide) groups is 1. The molecule has 1 heterocycles. The van der Waals surface area contributed by atoms with E-state index in [2.05, 4.69) is 4.99 Å². The molecule has 0 bridgehead atoms. The average Bonchev–Trinajstić information content (AvgIpc) is 2.93. The summed E-state index contributed by atoms with van der Waals surface area (Å²) in [6, 6.07) is 11.9. The molecule has 144 valence electrons. The van der Waals surface area contributed by atoms with Crippen molar-refractivity contribution in [2.45, 2.75) is 6.92 Å². The molecule has 1 saturated heterocycles. The number of amides is 1. The molecule has 0 unspecified atom stereocenters. The van der Waals surface area contributed by atoms with E-state index in [9.17, 15) is 14.7 Å². The summed E-state index contributed by atoms with van der Waals surface area (Å²) in [4.78, 5) is 30.8. The Labute approximate surface area is 180 Å². The number of phenolic OH excluding ortho intramolecular Hbond substituents is 1. The van der Waals surface area contributed by atoms with Gasteiger partial charge in [-0.1, -0.05) is 6.07 Å². The highest BCUT2D eigenvalue weighted by Crippen LogP contribution is 2.33. The van der Waals surface area contributed by atoms with Gasteiger partial charge in [0.25, 0.3) is 5.91 Å². The highest BCUT2D eigenvalue weighted by Gasteiger charge is 2.30. The molecular weight excluding hydrogens is 491 g/mol. The normalized spacial score (nSPS) is 16.8. The van der Waals surface area contributed by atoms with Gasteiger partial charge in [-0.2, -0.15) is 0 Å². The van der Waals surface area contributed by atoms with E-state index < -0.39 is 0 Å². The molecular formula is C20H17IN2O4S. The van der Waals surface area contributed by atoms with Gasteiger partial charge in [-0.05, 0) is 89.3 Å². The Balaban J connectivity index is 1.81. The maximum Gasteiger partial charge on any atom is 0.338 e. The highest BCUT2D eigenvalue weighted by atomic mass is 127. The van der Waals surface area contributed by atoms with Crippen LogP contribution in [0.4, 0.5) is 5.69 Å². The fourth-order valence-corrected chi connectivity index (χ4v) is 3.94. The van der Waals surface area contributed by atoms with E-state index >= 15 is 0 Å². The van der Waals surface area contributed by atoms with Gasteiger partial charge >= 0.3 is 5.97 Å². The number of hydrogen-bond acceptors (Lipinski definition) is 6. The number of aromatic hydroxyl groups is 1. The molecule has 0 radical (unpaired) electrons. The van der Waals surface area contributed by atoms with E-state index in [1.165, 1.54) is 16.7 Å². The van der Waals surface area contributed by atoms with Gasteiger partial charge in [0, 0.05) is 7.05 Å². The topological polar surface area (TPSA) is 79.2 Å². The van der Waals surface area contributed by atoms with Crippen molar-refractivity contribution in [2.75, 3.05) is 13.7 Å². The van der Waals surface area contributed by atoms with Crippen LogP contribution >= 0.6 is 34.4 Å². The van der Waals surface area contributed by atoms with E-state index in [-0.39, 0.29) is 17.6 Å². The first-order valence-corrected chi connectivity index (χ1v) is 10.3. The van der Waals surface area contributed by atoms with Crippen molar-refractivity contribution in [1.29, 1.82) is 0 Å². The maximum absolute atomic E-state index is 12.5. The predicted octanol–water partition coefficient (Wildman–Crippen LogP) is 4.41. The van der Waals surface area contributed by atoms with Crippen LogP contribution in [-0.2, 0) is 9.53 Å². The lowest BCUT2D eigenvalue weighted by Gasteiger charge is -2.07. The first-order chi connectivity index (χ1) is 13.4. The van der Waals surface area contributed by atoms with Crippen molar-refractivity contribution in [3.8, 4) is 5.75 Å². The molecule has 1 fully saturated rings. The second kappa shape index (κ2) is 8.78. The number of amidine groups is 1. The fraction of sp³-hybridized carbons (Fsp3) is 0.150. The van der Waals surface area contributed by atoms with Crippen LogP contribution in [0.15, 0.2) is 52.4 Å². The number of aliphatic imine (C=N–C) groups is 1. The summed E-state index contributed by atoms with van der Waals surface area (Å²) >= 11 is 3.32. The van der Waals surface area contributed by atoms with E-state index in [4.69, 9.17) is 4.74 Å².